The van der Waals surface area contributed by atoms with E-state index in [0.29, 0.717) is 5.96 Å². The Morgan fingerprint density at radius 2 is 1.88 bits per heavy atom. The van der Waals surface area contributed by atoms with Gasteiger partial charge in [-0.25, -0.2) is 4.99 Å². The summed E-state index contributed by atoms with van der Waals surface area (Å²) in [6.45, 7) is 7.39. The maximum Gasteiger partial charge on any atom is 0.244 e. The van der Waals surface area contributed by atoms with Crippen LogP contribution >= 0.6 is 24.0 Å². The molecule has 1 aromatic rings. The second-order valence-electron chi connectivity index (χ2n) is 6.43. The highest BCUT2D eigenvalue weighted by Gasteiger charge is 2.17. The number of guanidine groups is 1. The van der Waals surface area contributed by atoms with Crippen molar-refractivity contribution in [2.75, 3.05) is 46.3 Å². The van der Waals surface area contributed by atoms with Crippen LogP contribution in [-0.4, -0.2) is 68.0 Å². The summed E-state index contributed by atoms with van der Waals surface area (Å²) in [5.74, 6) is 0.832. The zero-order valence-electron chi connectivity index (χ0n) is 15.9. The molecule has 0 saturated carbocycles. The number of amides is 1. The molecular formula is C19H32IN5O. The molecule has 2 rings (SSSR count). The molecular weight excluding hydrogens is 441 g/mol. The molecule has 0 aromatic heterocycles. The molecule has 1 aromatic carbocycles. The van der Waals surface area contributed by atoms with Crippen molar-refractivity contribution in [3.05, 3.63) is 35.9 Å². The van der Waals surface area contributed by atoms with Gasteiger partial charge in [0, 0.05) is 39.3 Å². The topological polar surface area (TPSA) is 60.0 Å². The number of likely N-dealkylation sites (tertiary alicyclic amines) is 1. The molecule has 1 saturated heterocycles. The van der Waals surface area contributed by atoms with Gasteiger partial charge in [0.25, 0.3) is 0 Å². The van der Waals surface area contributed by atoms with Gasteiger partial charge in [-0.15, -0.1) is 24.0 Å². The third kappa shape index (κ3) is 8.35. The molecule has 1 aliphatic heterocycles. The van der Waals surface area contributed by atoms with E-state index in [1.807, 2.05) is 17.9 Å². The molecule has 1 aliphatic rings. The lowest BCUT2D eigenvalue weighted by molar-refractivity contribution is -0.128. The van der Waals surface area contributed by atoms with Crippen molar-refractivity contribution in [3.8, 4) is 0 Å². The van der Waals surface area contributed by atoms with Crippen LogP contribution in [0.1, 0.15) is 25.3 Å². The van der Waals surface area contributed by atoms with Crippen LogP contribution in [0.5, 0.6) is 0 Å². The van der Waals surface area contributed by atoms with E-state index < -0.39 is 0 Å². The van der Waals surface area contributed by atoms with Gasteiger partial charge >= 0.3 is 0 Å². The zero-order valence-corrected chi connectivity index (χ0v) is 18.2. The van der Waals surface area contributed by atoms with Crippen molar-refractivity contribution in [2.24, 2.45) is 4.99 Å². The quantitative estimate of drug-likeness (QED) is 0.344. The van der Waals surface area contributed by atoms with Crippen molar-refractivity contribution in [1.29, 1.82) is 0 Å². The fraction of sp³-hybridized carbons (Fsp3) is 0.579. The number of nitrogens with one attached hydrogen (secondary N) is 2. The molecule has 0 aliphatic carbocycles. The number of nitrogens with zero attached hydrogens (tertiary/aromatic N) is 3. The summed E-state index contributed by atoms with van der Waals surface area (Å²) in [6, 6.07) is 10.4. The van der Waals surface area contributed by atoms with Crippen molar-refractivity contribution < 1.29 is 4.79 Å². The summed E-state index contributed by atoms with van der Waals surface area (Å²) < 4.78 is 0. The average Bonchev–Trinajstić information content (AvgIpc) is 3.15. The molecule has 2 N–H and O–H groups in total. The maximum absolute atomic E-state index is 12.1. The summed E-state index contributed by atoms with van der Waals surface area (Å²) in [6.07, 6.45) is 2.23. The zero-order chi connectivity index (χ0) is 17.9. The van der Waals surface area contributed by atoms with Gasteiger partial charge in [0.15, 0.2) is 5.96 Å². The number of benzene rings is 1. The van der Waals surface area contributed by atoms with E-state index >= 15 is 0 Å². The van der Waals surface area contributed by atoms with Gasteiger partial charge in [0.1, 0.15) is 6.54 Å². The highest BCUT2D eigenvalue weighted by atomic mass is 127. The molecule has 0 radical (unpaired) electrons. The van der Waals surface area contributed by atoms with E-state index in [1.54, 1.807) is 0 Å². The van der Waals surface area contributed by atoms with E-state index in [-0.39, 0.29) is 36.4 Å². The van der Waals surface area contributed by atoms with Gasteiger partial charge in [-0.1, -0.05) is 30.3 Å². The summed E-state index contributed by atoms with van der Waals surface area (Å²) in [5, 5.41) is 6.51. The van der Waals surface area contributed by atoms with Gasteiger partial charge < -0.3 is 20.4 Å². The first-order chi connectivity index (χ1) is 12.2. The molecule has 7 heteroatoms. The number of rotatable bonds is 8. The second-order valence-corrected chi connectivity index (χ2v) is 6.43. The number of carbonyl (C=O) groups excluding carboxylic acids is 1. The van der Waals surface area contributed by atoms with Crippen LogP contribution in [0.15, 0.2) is 35.3 Å². The Kier molecular flexibility index (Phi) is 11.3. The summed E-state index contributed by atoms with van der Waals surface area (Å²) in [4.78, 5) is 20.7. The van der Waals surface area contributed by atoms with Gasteiger partial charge in [0.2, 0.25) is 5.91 Å². The second kappa shape index (κ2) is 12.9. The minimum atomic E-state index is 0. The van der Waals surface area contributed by atoms with E-state index in [0.717, 1.165) is 52.1 Å². The third-order valence-corrected chi connectivity index (χ3v) is 4.26. The van der Waals surface area contributed by atoms with Crippen molar-refractivity contribution >= 4 is 35.8 Å². The molecule has 0 spiro atoms. The largest absolute Gasteiger partial charge is 0.357 e. The first-order valence-electron chi connectivity index (χ1n) is 9.21. The standard InChI is InChI=1S/C19H31N5O.HI/c1-3-20-19(22-15-18(25)24-12-7-8-13-24)21-11-14-23(2)16-17-9-5-4-6-10-17;/h4-6,9-10H,3,7-8,11-16H2,1-2H3,(H2,20,21,22);1H. The monoisotopic (exact) mass is 473 g/mol. The number of hydrogen-bond acceptors (Lipinski definition) is 3. The lowest BCUT2D eigenvalue weighted by atomic mass is 10.2. The Balaban J connectivity index is 0.00000338. The molecule has 0 bridgehead atoms. The highest BCUT2D eigenvalue weighted by molar-refractivity contribution is 14.0. The van der Waals surface area contributed by atoms with Crippen LogP contribution in [0.3, 0.4) is 0 Å². The SMILES string of the molecule is CCNC(=NCC(=O)N1CCCC1)NCCN(C)Cc1ccccc1.I. The van der Waals surface area contributed by atoms with Crippen molar-refractivity contribution in [1.82, 2.24) is 20.4 Å². The minimum absolute atomic E-state index is 0. The Bertz CT molecular complexity index is 546. The first kappa shape index (κ1) is 22.7. The fourth-order valence-electron chi connectivity index (χ4n) is 2.89. The van der Waals surface area contributed by atoms with Gasteiger partial charge in [-0.3, -0.25) is 4.79 Å². The summed E-state index contributed by atoms with van der Waals surface area (Å²) in [7, 11) is 2.11. The van der Waals surface area contributed by atoms with Gasteiger partial charge in [-0.2, -0.15) is 0 Å². The van der Waals surface area contributed by atoms with Crippen LogP contribution in [0, 0.1) is 0 Å². The minimum Gasteiger partial charge on any atom is -0.357 e. The number of carbonyl (C=O) groups is 1. The Morgan fingerprint density at radius 3 is 2.54 bits per heavy atom. The molecule has 6 nitrogen and oxygen atoms in total. The molecule has 146 valence electrons. The fourth-order valence-corrected chi connectivity index (χ4v) is 2.89. The molecule has 1 fully saturated rings. The Labute approximate surface area is 174 Å². The van der Waals surface area contributed by atoms with Crippen LogP contribution in [-0.2, 0) is 11.3 Å². The van der Waals surface area contributed by atoms with E-state index in [2.05, 4.69) is 51.8 Å². The summed E-state index contributed by atoms with van der Waals surface area (Å²) >= 11 is 0. The van der Waals surface area contributed by atoms with Crippen molar-refractivity contribution in [2.45, 2.75) is 26.3 Å². The molecule has 1 amide bonds. The number of halogens is 1. The van der Waals surface area contributed by atoms with Gasteiger partial charge in [-0.05, 0) is 32.4 Å². The lowest BCUT2D eigenvalue weighted by Gasteiger charge is -2.19. The van der Waals surface area contributed by atoms with Crippen LogP contribution in [0.25, 0.3) is 0 Å². The van der Waals surface area contributed by atoms with Crippen LogP contribution in [0.2, 0.25) is 0 Å². The van der Waals surface area contributed by atoms with Gasteiger partial charge in [0.05, 0.1) is 0 Å². The first-order valence-corrected chi connectivity index (χ1v) is 9.21. The summed E-state index contributed by atoms with van der Waals surface area (Å²) in [5.41, 5.74) is 1.31. The predicted octanol–water partition coefficient (Wildman–Crippen LogP) is 1.91. The normalized spacial score (nSPS) is 14.3. The highest BCUT2D eigenvalue weighted by Crippen LogP contribution is 2.07. The van der Waals surface area contributed by atoms with E-state index in [9.17, 15) is 4.79 Å². The Morgan fingerprint density at radius 1 is 1.19 bits per heavy atom. The van der Waals surface area contributed by atoms with E-state index in [4.69, 9.17) is 0 Å². The molecule has 0 unspecified atom stereocenters. The van der Waals surface area contributed by atoms with Crippen molar-refractivity contribution in [3.63, 3.8) is 0 Å². The third-order valence-electron chi connectivity index (χ3n) is 4.26. The molecule has 26 heavy (non-hydrogen) atoms. The van der Waals surface area contributed by atoms with Crippen LogP contribution < -0.4 is 10.6 Å². The average molecular weight is 473 g/mol. The maximum atomic E-state index is 12.1. The number of hydrogen-bond donors (Lipinski definition) is 2. The Hall–Kier alpha value is -1.35. The van der Waals surface area contributed by atoms with Crippen LogP contribution in [0.4, 0.5) is 0 Å². The lowest BCUT2D eigenvalue weighted by Crippen LogP contribution is -2.41. The number of aliphatic imine (C=N–C) groups is 1. The number of likely N-dealkylation sites (N-methyl/N-ethyl adjacent to an activating group) is 1. The predicted molar refractivity (Wildman–Crippen MR) is 118 cm³/mol. The molecule has 0 atom stereocenters. The van der Waals surface area contributed by atoms with E-state index in [1.165, 1.54) is 5.56 Å². The smallest absolute Gasteiger partial charge is 0.244 e. The molecule has 1 heterocycles.